The van der Waals surface area contributed by atoms with Crippen molar-refractivity contribution in [2.45, 2.75) is 26.4 Å². The molecule has 1 aliphatic rings. The molecular formula is C18H28ClN3O2. The van der Waals surface area contributed by atoms with Crippen LogP contribution in [0.4, 0.5) is 4.79 Å². The maximum absolute atomic E-state index is 12.4. The summed E-state index contributed by atoms with van der Waals surface area (Å²) >= 11 is 6.17. The van der Waals surface area contributed by atoms with Gasteiger partial charge in [-0.05, 0) is 17.5 Å². The number of ether oxygens (including phenoxy) is 1. The average molecular weight is 354 g/mol. The quantitative estimate of drug-likeness (QED) is 0.855. The molecule has 0 spiro atoms. The average Bonchev–Trinajstić information content (AvgIpc) is 2.57. The van der Waals surface area contributed by atoms with Gasteiger partial charge in [0.25, 0.3) is 0 Å². The standard InChI is InChI=1S/C18H28ClN3O2/c1-14(2)17(22-8-10-24-11-9-22)12-20-18(23)21(3)13-15-6-4-5-7-16(15)19/h4-7,14,17H,8-13H2,1-3H3,(H,20,23). The second-order valence-electron chi connectivity index (χ2n) is 6.59. The Morgan fingerprint density at radius 2 is 2.00 bits per heavy atom. The molecule has 1 saturated heterocycles. The second kappa shape index (κ2) is 9.25. The smallest absolute Gasteiger partial charge is 0.317 e. The summed E-state index contributed by atoms with van der Waals surface area (Å²) in [7, 11) is 1.79. The predicted molar refractivity (Wildman–Crippen MR) is 97.3 cm³/mol. The SMILES string of the molecule is CC(C)C(CNC(=O)N(C)Cc1ccccc1Cl)N1CCOCC1. The number of amides is 2. The van der Waals surface area contributed by atoms with Crippen molar-refractivity contribution >= 4 is 17.6 Å². The molecule has 6 heteroatoms. The van der Waals surface area contributed by atoms with Crippen molar-refractivity contribution in [1.82, 2.24) is 15.1 Å². The zero-order valence-electron chi connectivity index (χ0n) is 14.8. The number of urea groups is 1. The first-order valence-corrected chi connectivity index (χ1v) is 8.91. The van der Waals surface area contributed by atoms with Crippen molar-refractivity contribution in [2.24, 2.45) is 5.92 Å². The maximum Gasteiger partial charge on any atom is 0.317 e. The van der Waals surface area contributed by atoms with Crippen molar-refractivity contribution in [3.63, 3.8) is 0 Å². The third kappa shape index (κ3) is 5.36. The first-order valence-electron chi connectivity index (χ1n) is 8.53. The lowest BCUT2D eigenvalue weighted by Gasteiger charge is -2.37. The molecule has 1 aliphatic heterocycles. The highest BCUT2D eigenvalue weighted by Crippen LogP contribution is 2.16. The lowest BCUT2D eigenvalue weighted by molar-refractivity contribution is 0.00697. The molecule has 1 N–H and O–H groups in total. The highest BCUT2D eigenvalue weighted by Gasteiger charge is 2.24. The minimum absolute atomic E-state index is 0.0752. The Bertz CT molecular complexity index is 533. The van der Waals surface area contributed by atoms with Crippen LogP contribution in [0.2, 0.25) is 5.02 Å². The van der Waals surface area contributed by atoms with Crippen LogP contribution >= 0.6 is 11.6 Å². The first kappa shape index (κ1) is 19.0. The third-order valence-corrected chi connectivity index (χ3v) is 4.83. The fourth-order valence-electron chi connectivity index (χ4n) is 2.98. The van der Waals surface area contributed by atoms with Crippen molar-refractivity contribution in [2.75, 3.05) is 39.9 Å². The van der Waals surface area contributed by atoms with Crippen LogP contribution in [0.5, 0.6) is 0 Å². The summed E-state index contributed by atoms with van der Waals surface area (Å²) in [6, 6.07) is 7.86. The molecule has 1 heterocycles. The van der Waals surface area contributed by atoms with Crippen molar-refractivity contribution in [3.05, 3.63) is 34.9 Å². The van der Waals surface area contributed by atoms with Gasteiger partial charge in [0.15, 0.2) is 0 Å². The van der Waals surface area contributed by atoms with Gasteiger partial charge in [-0.2, -0.15) is 0 Å². The number of halogens is 1. The Morgan fingerprint density at radius 1 is 1.33 bits per heavy atom. The summed E-state index contributed by atoms with van der Waals surface area (Å²) in [6.07, 6.45) is 0. The lowest BCUT2D eigenvalue weighted by Crippen LogP contribution is -2.52. The van der Waals surface area contributed by atoms with Crippen LogP contribution in [-0.4, -0.2) is 61.8 Å². The lowest BCUT2D eigenvalue weighted by atomic mass is 10.0. The number of nitrogens with zero attached hydrogens (tertiary/aromatic N) is 2. The molecule has 24 heavy (non-hydrogen) atoms. The molecule has 0 aliphatic carbocycles. The molecule has 1 aromatic rings. The number of benzene rings is 1. The van der Waals surface area contributed by atoms with Crippen LogP contribution in [0.25, 0.3) is 0 Å². The Kier molecular flexibility index (Phi) is 7.34. The molecule has 2 rings (SSSR count). The van der Waals surface area contributed by atoms with E-state index in [2.05, 4.69) is 24.1 Å². The zero-order valence-corrected chi connectivity index (χ0v) is 15.6. The monoisotopic (exact) mass is 353 g/mol. The molecule has 0 aromatic heterocycles. The van der Waals surface area contributed by atoms with E-state index < -0.39 is 0 Å². The van der Waals surface area contributed by atoms with Crippen LogP contribution in [0.1, 0.15) is 19.4 Å². The minimum atomic E-state index is -0.0752. The van der Waals surface area contributed by atoms with Crippen molar-refractivity contribution < 1.29 is 9.53 Å². The summed E-state index contributed by atoms with van der Waals surface area (Å²) in [5.41, 5.74) is 0.949. The predicted octanol–water partition coefficient (Wildman–Crippen LogP) is 2.84. The van der Waals surface area contributed by atoms with E-state index >= 15 is 0 Å². The third-order valence-electron chi connectivity index (χ3n) is 4.46. The van der Waals surface area contributed by atoms with E-state index in [1.807, 2.05) is 24.3 Å². The molecule has 134 valence electrons. The molecule has 1 fully saturated rings. The first-order chi connectivity index (χ1) is 11.5. The molecule has 1 aromatic carbocycles. The largest absolute Gasteiger partial charge is 0.379 e. The van der Waals surface area contributed by atoms with Gasteiger partial charge in [0.2, 0.25) is 0 Å². The van der Waals surface area contributed by atoms with Crippen molar-refractivity contribution in [1.29, 1.82) is 0 Å². The Labute approximate surface area is 149 Å². The Morgan fingerprint density at radius 3 is 2.62 bits per heavy atom. The van der Waals surface area contributed by atoms with Crippen LogP contribution in [0.3, 0.4) is 0 Å². The molecule has 0 radical (unpaired) electrons. The molecule has 0 bridgehead atoms. The number of morpholine rings is 1. The molecular weight excluding hydrogens is 326 g/mol. The van der Waals surface area contributed by atoms with Crippen LogP contribution in [0.15, 0.2) is 24.3 Å². The van der Waals surface area contributed by atoms with Crippen LogP contribution < -0.4 is 5.32 Å². The molecule has 1 unspecified atom stereocenters. The van der Waals surface area contributed by atoms with E-state index in [0.29, 0.717) is 30.1 Å². The van der Waals surface area contributed by atoms with E-state index in [4.69, 9.17) is 16.3 Å². The number of carbonyl (C=O) groups excluding carboxylic acids is 1. The van der Waals surface area contributed by atoms with E-state index in [9.17, 15) is 4.79 Å². The molecule has 0 saturated carbocycles. The van der Waals surface area contributed by atoms with Gasteiger partial charge >= 0.3 is 6.03 Å². The van der Waals surface area contributed by atoms with Crippen molar-refractivity contribution in [3.8, 4) is 0 Å². The summed E-state index contributed by atoms with van der Waals surface area (Å²) in [6.45, 7) is 8.91. The highest BCUT2D eigenvalue weighted by atomic mass is 35.5. The number of nitrogens with one attached hydrogen (secondary N) is 1. The van der Waals surface area contributed by atoms with Gasteiger partial charge in [0.05, 0.1) is 13.2 Å². The van der Waals surface area contributed by atoms with Gasteiger partial charge in [-0.15, -0.1) is 0 Å². The van der Waals surface area contributed by atoms with Gasteiger partial charge in [0, 0.05) is 44.3 Å². The summed E-state index contributed by atoms with van der Waals surface area (Å²) in [4.78, 5) is 16.5. The summed E-state index contributed by atoms with van der Waals surface area (Å²) < 4.78 is 5.42. The molecule has 1 atom stereocenters. The number of hydrogen-bond donors (Lipinski definition) is 1. The van der Waals surface area contributed by atoms with E-state index in [-0.39, 0.29) is 6.03 Å². The number of hydrogen-bond acceptors (Lipinski definition) is 3. The minimum Gasteiger partial charge on any atom is -0.379 e. The normalized spacial score (nSPS) is 16.9. The summed E-state index contributed by atoms with van der Waals surface area (Å²) in [5, 5.41) is 3.75. The van der Waals surface area contributed by atoms with Crippen LogP contribution in [0, 0.1) is 5.92 Å². The van der Waals surface area contributed by atoms with Gasteiger partial charge in [-0.1, -0.05) is 43.6 Å². The van der Waals surface area contributed by atoms with Crippen LogP contribution in [-0.2, 0) is 11.3 Å². The van der Waals surface area contributed by atoms with E-state index in [0.717, 1.165) is 31.9 Å². The maximum atomic E-state index is 12.4. The van der Waals surface area contributed by atoms with Gasteiger partial charge in [-0.25, -0.2) is 4.79 Å². The fraction of sp³-hybridized carbons (Fsp3) is 0.611. The van der Waals surface area contributed by atoms with Gasteiger partial charge < -0.3 is 15.0 Å². The fourth-order valence-corrected chi connectivity index (χ4v) is 3.17. The Balaban J connectivity index is 1.86. The second-order valence-corrected chi connectivity index (χ2v) is 7.00. The zero-order chi connectivity index (χ0) is 17.5. The number of carbonyl (C=O) groups is 1. The Hall–Kier alpha value is -1.30. The molecule has 2 amide bonds. The summed E-state index contributed by atoms with van der Waals surface area (Å²) in [5.74, 6) is 0.470. The number of rotatable bonds is 6. The van der Waals surface area contributed by atoms with E-state index in [1.54, 1.807) is 11.9 Å². The highest BCUT2D eigenvalue weighted by molar-refractivity contribution is 6.31. The topological polar surface area (TPSA) is 44.8 Å². The van der Waals surface area contributed by atoms with E-state index in [1.165, 1.54) is 0 Å². The van der Waals surface area contributed by atoms with Gasteiger partial charge in [0.1, 0.15) is 0 Å². The van der Waals surface area contributed by atoms with Gasteiger partial charge in [-0.3, -0.25) is 4.90 Å². The molecule has 5 nitrogen and oxygen atoms in total.